The molecule has 0 saturated heterocycles. The molecule has 0 unspecified atom stereocenters. The van der Waals surface area contributed by atoms with Crippen molar-refractivity contribution in [3.8, 4) is 0 Å². The third kappa shape index (κ3) is 5.05. The maximum atomic E-state index is 11.0. The number of carbonyl (C=O) groups is 2. The van der Waals surface area contributed by atoms with Crippen LogP contribution in [0.1, 0.15) is 26.7 Å². The van der Waals surface area contributed by atoms with Crippen LogP contribution in [0.5, 0.6) is 0 Å². The fraction of sp³-hybridized carbons (Fsp3) is 0.750. The van der Waals surface area contributed by atoms with Gasteiger partial charge in [-0.2, -0.15) is 0 Å². The predicted octanol–water partition coefficient (Wildman–Crippen LogP) is 0.559. The molecule has 0 radical (unpaired) electrons. The van der Waals surface area contributed by atoms with Gasteiger partial charge in [0.2, 0.25) is 0 Å². The molecule has 0 aliphatic rings. The summed E-state index contributed by atoms with van der Waals surface area (Å²) in [7, 11) is 0. The Morgan fingerprint density at radius 3 is 2.38 bits per heavy atom. The average molecular weight is 188 g/mol. The molecule has 76 valence electrons. The Bertz CT molecular complexity index is 182. The van der Waals surface area contributed by atoms with Crippen LogP contribution < -0.4 is 10.6 Å². The summed E-state index contributed by atoms with van der Waals surface area (Å²) in [4.78, 5) is 21.5. The molecule has 0 spiro atoms. The van der Waals surface area contributed by atoms with Crippen LogP contribution in [0, 0.1) is 0 Å². The van der Waals surface area contributed by atoms with Gasteiger partial charge < -0.3 is 15.7 Å². The van der Waals surface area contributed by atoms with Crippen molar-refractivity contribution in [1.82, 2.24) is 10.6 Å². The van der Waals surface area contributed by atoms with Crippen molar-refractivity contribution < 1.29 is 14.7 Å². The Hall–Kier alpha value is -1.26. The summed E-state index contributed by atoms with van der Waals surface area (Å²) in [6, 6.07) is -1.21. The molecule has 0 aliphatic heterocycles. The molecular weight excluding hydrogens is 172 g/mol. The van der Waals surface area contributed by atoms with Crippen molar-refractivity contribution in [3.05, 3.63) is 0 Å². The van der Waals surface area contributed by atoms with Gasteiger partial charge in [0.25, 0.3) is 0 Å². The monoisotopic (exact) mass is 188 g/mol. The number of amides is 2. The first kappa shape index (κ1) is 11.7. The molecule has 1 atom stereocenters. The molecule has 13 heavy (non-hydrogen) atoms. The summed E-state index contributed by atoms with van der Waals surface area (Å²) in [5, 5.41) is 13.5. The molecule has 0 fully saturated rings. The number of carboxylic acids is 1. The lowest BCUT2D eigenvalue weighted by Gasteiger charge is -2.12. The Morgan fingerprint density at radius 1 is 1.38 bits per heavy atom. The molecule has 2 amide bonds. The molecule has 0 aromatic carbocycles. The average Bonchev–Trinajstić information content (AvgIpc) is 2.10. The standard InChI is InChI=1S/C8H16N2O3/c1-3-5-9-8(13)10-6(4-2)7(11)12/h6H,3-5H2,1-2H3,(H,11,12)(H2,9,10,13)/t6-/m1/s1. The summed E-state index contributed by atoms with van der Waals surface area (Å²) in [6.45, 7) is 4.19. The van der Waals surface area contributed by atoms with Crippen LogP contribution in [0.4, 0.5) is 4.79 Å². The number of nitrogens with one attached hydrogen (secondary N) is 2. The van der Waals surface area contributed by atoms with Gasteiger partial charge in [0.15, 0.2) is 0 Å². The number of aliphatic carboxylic acids is 1. The Labute approximate surface area is 77.5 Å². The van der Waals surface area contributed by atoms with Gasteiger partial charge in [0.1, 0.15) is 6.04 Å². The van der Waals surface area contributed by atoms with Gasteiger partial charge in [-0.15, -0.1) is 0 Å². The highest BCUT2D eigenvalue weighted by atomic mass is 16.4. The van der Waals surface area contributed by atoms with Gasteiger partial charge >= 0.3 is 12.0 Å². The van der Waals surface area contributed by atoms with E-state index in [1.54, 1.807) is 6.92 Å². The van der Waals surface area contributed by atoms with Gasteiger partial charge in [-0.05, 0) is 12.8 Å². The molecule has 0 aromatic rings. The summed E-state index contributed by atoms with van der Waals surface area (Å²) in [5.74, 6) is -1.01. The summed E-state index contributed by atoms with van der Waals surface area (Å²) in [5.41, 5.74) is 0. The summed E-state index contributed by atoms with van der Waals surface area (Å²) in [6.07, 6.45) is 1.21. The first-order chi connectivity index (χ1) is 6.11. The van der Waals surface area contributed by atoms with E-state index in [-0.39, 0.29) is 0 Å². The minimum absolute atomic E-state index is 0.384. The smallest absolute Gasteiger partial charge is 0.326 e. The first-order valence-electron chi connectivity index (χ1n) is 4.39. The number of carbonyl (C=O) groups excluding carboxylic acids is 1. The third-order valence-corrected chi connectivity index (χ3v) is 1.55. The summed E-state index contributed by atoms with van der Waals surface area (Å²) >= 11 is 0. The van der Waals surface area contributed by atoms with E-state index in [4.69, 9.17) is 5.11 Å². The topological polar surface area (TPSA) is 78.4 Å². The molecule has 5 heteroatoms. The zero-order valence-corrected chi connectivity index (χ0v) is 7.96. The quantitative estimate of drug-likeness (QED) is 0.589. The van der Waals surface area contributed by atoms with Gasteiger partial charge in [-0.25, -0.2) is 9.59 Å². The van der Waals surface area contributed by atoms with E-state index in [0.717, 1.165) is 6.42 Å². The van der Waals surface area contributed by atoms with Gasteiger partial charge in [-0.3, -0.25) is 0 Å². The van der Waals surface area contributed by atoms with E-state index < -0.39 is 18.0 Å². The van der Waals surface area contributed by atoms with Crippen LogP contribution in [0.25, 0.3) is 0 Å². The van der Waals surface area contributed by atoms with Crippen LogP contribution >= 0.6 is 0 Å². The Balaban J connectivity index is 3.80. The Morgan fingerprint density at radius 2 is 2.00 bits per heavy atom. The fourth-order valence-corrected chi connectivity index (χ4v) is 0.786. The normalized spacial score (nSPS) is 11.8. The van der Waals surface area contributed by atoms with Crippen molar-refractivity contribution in [2.45, 2.75) is 32.7 Å². The maximum absolute atomic E-state index is 11.0. The van der Waals surface area contributed by atoms with Crippen LogP contribution in [-0.4, -0.2) is 29.7 Å². The van der Waals surface area contributed by atoms with Crippen molar-refractivity contribution in [3.63, 3.8) is 0 Å². The lowest BCUT2D eigenvalue weighted by molar-refractivity contribution is -0.139. The van der Waals surface area contributed by atoms with E-state index in [1.807, 2.05) is 6.92 Å². The third-order valence-electron chi connectivity index (χ3n) is 1.55. The van der Waals surface area contributed by atoms with Crippen molar-refractivity contribution in [1.29, 1.82) is 0 Å². The van der Waals surface area contributed by atoms with Crippen LogP contribution in [0.2, 0.25) is 0 Å². The first-order valence-corrected chi connectivity index (χ1v) is 4.39. The van der Waals surface area contributed by atoms with Crippen LogP contribution in [0.3, 0.4) is 0 Å². The molecule has 3 N–H and O–H groups in total. The molecule has 0 rings (SSSR count). The zero-order valence-electron chi connectivity index (χ0n) is 7.96. The lowest BCUT2D eigenvalue weighted by Crippen LogP contribution is -2.45. The molecule has 0 bridgehead atoms. The fourth-order valence-electron chi connectivity index (χ4n) is 0.786. The zero-order chi connectivity index (χ0) is 10.3. The largest absolute Gasteiger partial charge is 0.480 e. The minimum atomic E-state index is -1.01. The van der Waals surface area contributed by atoms with E-state index in [2.05, 4.69) is 10.6 Å². The number of rotatable bonds is 5. The number of carboxylic acid groups (broad SMARTS) is 1. The highest BCUT2D eigenvalue weighted by molar-refractivity contribution is 5.82. The number of hydrogen-bond donors (Lipinski definition) is 3. The van der Waals surface area contributed by atoms with E-state index in [0.29, 0.717) is 13.0 Å². The lowest BCUT2D eigenvalue weighted by atomic mass is 10.2. The second kappa shape index (κ2) is 6.28. The molecule has 0 aliphatic carbocycles. The van der Waals surface area contributed by atoms with Crippen molar-refractivity contribution >= 4 is 12.0 Å². The molecule has 0 aromatic heterocycles. The number of hydrogen-bond acceptors (Lipinski definition) is 2. The second-order valence-electron chi connectivity index (χ2n) is 2.70. The highest BCUT2D eigenvalue weighted by Gasteiger charge is 2.16. The Kier molecular flexibility index (Phi) is 5.67. The van der Waals surface area contributed by atoms with Crippen LogP contribution in [-0.2, 0) is 4.79 Å². The number of urea groups is 1. The van der Waals surface area contributed by atoms with E-state index in [1.165, 1.54) is 0 Å². The van der Waals surface area contributed by atoms with E-state index in [9.17, 15) is 9.59 Å². The minimum Gasteiger partial charge on any atom is -0.480 e. The van der Waals surface area contributed by atoms with E-state index >= 15 is 0 Å². The van der Waals surface area contributed by atoms with Crippen molar-refractivity contribution in [2.24, 2.45) is 0 Å². The van der Waals surface area contributed by atoms with Gasteiger partial charge in [0, 0.05) is 6.54 Å². The van der Waals surface area contributed by atoms with Crippen LogP contribution in [0.15, 0.2) is 0 Å². The second-order valence-corrected chi connectivity index (χ2v) is 2.70. The van der Waals surface area contributed by atoms with Gasteiger partial charge in [-0.1, -0.05) is 13.8 Å². The highest BCUT2D eigenvalue weighted by Crippen LogP contribution is 1.89. The molecular formula is C8H16N2O3. The maximum Gasteiger partial charge on any atom is 0.326 e. The molecule has 0 saturated carbocycles. The molecule has 0 heterocycles. The van der Waals surface area contributed by atoms with Gasteiger partial charge in [0.05, 0.1) is 0 Å². The van der Waals surface area contributed by atoms with Crippen molar-refractivity contribution in [2.75, 3.05) is 6.54 Å². The SMILES string of the molecule is CCCNC(=O)N[C@H](CC)C(=O)O. The predicted molar refractivity (Wildman–Crippen MR) is 48.5 cm³/mol. The summed E-state index contributed by atoms with van der Waals surface area (Å²) < 4.78 is 0. The molecule has 5 nitrogen and oxygen atoms in total.